The summed E-state index contributed by atoms with van der Waals surface area (Å²) in [5.41, 5.74) is 4.88. The van der Waals surface area contributed by atoms with E-state index in [-0.39, 0.29) is 24.8 Å². The number of nitrogens with one attached hydrogen (secondary N) is 1. The van der Waals surface area contributed by atoms with Gasteiger partial charge in [0.25, 0.3) is 5.91 Å². The molecule has 0 saturated carbocycles. The van der Waals surface area contributed by atoms with Crippen molar-refractivity contribution in [2.75, 3.05) is 13.7 Å². The second-order valence-corrected chi connectivity index (χ2v) is 7.81. The molecule has 1 saturated heterocycles. The van der Waals surface area contributed by atoms with Crippen molar-refractivity contribution >= 4 is 23.2 Å². The Labute approximate surface area is 168 Å². The van der Waals surface area contributed by atoms with E-state index < -0.39 is 18.2 Å². The van der Waals surface area contributed by atoms with Gasteiger partial charge in [0.05, 0.1) is 22.2 Å². The number of carbonyl (C=O) groups is 2. The molecule has 0 unspecified atom stereocenters. The first-order valence-electron chi connectivity index (χ1n) is 9.19. The van der Waals surface area contributed by atoms with Gasteiger partial charge in [-0.25, -0.2) is 4.98 Å². The molecule has 0 aliphatic carbocycles. The summed E-state index contributed by atoms with van der Waals surface area (Å²) < 4.78 is 5.06. The van der Waals surface area contributed by atoms with Crippen LogP contribution in [0.5, 0.6) is 0 Å². The van der Waals surface area contributed by atoms with Crippen LogP contribution in [-0.2, 0) is 20.9 Å². The summed E-state index contributed by atoms with van der Waals surface area (Å²) in [5.74, 6) is -0.556. The van der Waals surface area contributed by atoms with Crippen molar-refractivity contribution in [2.45, 2.75) is 45.1 Å². The maximum absolute atomic E-state index is 12.6. The quantitative estimate of drug-likeness (QED) is 0.766. The van der Waals surface area contributed by atoms with Crippen molar-refractivity contribution in [3.63, 3.8) is 0 Å². The Morgan fingerprint density at radius 2 is 2.11 bits per heavy atom. The molecule has 3 atom stereocenters. The third-order valence-electron chi connectivity index (χ3n) is 4.99. The lowest BCUT2D eigenvalue weighted by Gasteiger charge is -2.26. The molecule has 0 spiro atoms. The predicted molar refractivity (Wildman–Crippen MR) is 107 cm³/mol. The molecular weight excluding hydrogens is 378 g/mol. The van der Waals surface area contributed by atoms with Crippen LogP contribution < -0.4 is 5.32 Å². The van der Waals surface area contributed by atoms with Crippen LogP contribution in [-0.4, -0.2) is 58.7 Å². The predicted octanol–water partition coefficient (Wildman–Crippen LogP) is 1.73. The first-order valence-corrected chi connectivity index (χ1v) is 10.1. The van der Waals surface area contributed by atoms with Crippen molar-refractivity contribution < 1.29 is 19.4 Å². The number of aliphatic hydroxyl groups excluding tert-OH is 1. The highest BCUT2D eigenvalue weighted by Gasteiger charge is 2.40. The average molecular weight is 404 g/mol. The van der Waals surface area contributed by atoms with Gasteiger partial charge in [-0.15, -0.1) is 11.3 Å². The summed E-state index contributed by atoms with van der Waals surface area (Å²) in [4.78, 5) is 31.8. The molecule has 1 aromatic heterocycles. The zero-order valence-electron chi connectivity index (χ0n) is 16.2. The van der Waals surface area contributed by atoms with Gasteiger partial charge in [-0.05, 0) is 25.0 Å². The first-order chi connectivity index (χ1) is 13.4. The smallest absolute Gasteiger partial charge is 0.252 e. The van der Waals surface area contributed by atoms with Crippen molar-refractivity contribution in [1.29, 1.82) is 0 Å². The number of carbonyl (C=O) groups excluding carboxylic acids is 2. The van der Waals surface area contributed by atoms with Gasteiger partial charge >= 0.3 is 0 Å². The number of aliphatic hydroxyl groups is 1. The van der Waals surface area contributed by atoms with Gasteiger partial charge in [0.1, 0.15) is 12.1 Å². The van der Waals surface area contributed by atoms with E-state index in [2.05, 4.69) is 10.3 Å². The summed E-state index contributed by atoms with van der Waals surface area (Å²) in [6, 6.07) is 7.27. The van der Waals surface area contributed by atoms with Gasteiger partial charge in [-0.3, -0.25) is 9.59 Å². The normalized spacial score (nSPS) is 20.2. The Morgan fingerprint density at radius 3 is 2.71 bits per heavy atom. The largest absolute Gasteiger partial charge is 0.391 e. The Morgan fingerprint density at radius 1 is 1.39 bits per heavy atom. The molecule has 1 aliphatic heterocycles. The molecule has 1 aromatic carbocycles. The molecule has 150 valence electrons. The lowest BCUT2D eigenvalue weighted by molar-refractivity contribution is -0.146. The average Bonchev–Trinajstić information content (AvgIpc) is 3.30. The Bertz CT molecular complexity index is 836. The van der Waals surface area contributed by atoms with E-state index in [9.17, 15) is 14.7 Å². The molecular formula is C20H25N3O4S. The minimum atomic E-state index is -0.703. The highest BCUT2D eigenvalue weighted by Crippen LogP contribution is 2.27. The van der Waals surface area contributed by atoms with Crippen molar-refractivity contribution in [3.05, 3.63) is 41.0 Å². The lowest BCUT2D eigenvalue weighted by Crippen LogP contribution is -2.48. The maximum Gasteiger partial charge on any atom is 0.252 e. The summed E-state index contributed by atoms with van der Waals surface area (Å²) in [6.07, 6.45) is -1.12. The van der Waals surface area contributed by atoms with Crippen LogP contribution >= 0.6 is 11.3 Å². The lowest BCUT2D eigenvalue weighted by atomic mass is 10.1. The third-order valence-corrected chi connectivity index (χ3v) is 5.97. The number of thiazole rings is 1. The van der Waals surface area contributed by atoms with Crippen LogP contribution in [0.25, 0.3) is 10.4 Å². The van der Waals surface area contributed by atoms with Crippen molar-refractivity contribution in [1.82, 2.24) is 15.2 Å². The molecule has 0 bridgehead atoms. The summed E-state index contributed by atoms with van der Waals surface area (Å²) in [6.45, 7) is 4.12. The molecule has 28 heavy (non-hydrogen) atoms. The number of hydrogen-bond acceptors (Lipinski definition) is 6. The number of amides is 2. The van der Waals surface area contributed by atoms with E-state index in [1.165, 1.54) is 12.0 Å². The second-order valence-electron chi connectivity index (χ2n) is 6.96. The van der Waals surface area contributed by atoms with Gasteiger partial charge < -0.3 is 20.1 Å². The highest BCUT2D eigenvalue weighted by atomic mass is 32.1. The van der Waals surface area contributed by atoms with Crippen LogP contribution in [0.4, 0.5) is 0 Å². The number of aromatic nitrogens is 1. The van der Waals surface area contributed by atoms with Crippen molar-refractivity contribution in [2.24, 2.45) is 0 Å². The van der Waals surface area contributed by atoms with Gasteiger partial charge in [0.15, 0.2) is 0 Å². The number of aryl methyl sites for hydroxylation is 1. The van der Waals surface area contributed by atoms with E-state index in [1.54, 1.807) is 18.3 Å². The minimum Gasteiger partial charge on any atom is -0.391 e. The van der Waals surface area contributed by atoms with Gasteiger partial charge in [-0.1, -0.05) is 24.3 Å². The van der Waals surface area contributed by atoms with Crippen LogP contribution in [0.3, 0.4) is 0 Å². The van der Waals surface area contributed by atoms with Crippen LogP contribution in [0, 0.1) is 6.92 Å². The van der Waals surface area contributed by atoms with E-state index >= 15 is 0 Å². The monoisotopic (exact) mass is 403 g/mol. The summed E-state index contributed by atoms with van der Waals surface area (Å²) in [5, 5.41) is 12.8. The number of ether oxygens (including phenoxy) is 1. The Balaban J connectivity index is 1.61. The molecule has 2 aromatic rings. The van der Waals surface area contributed by atoms with E-state index in [1.807, 2.05) is 36.7 Å². The number of rotatable bonds is 6. The number of β-amino-alcohol motifs (C(OH)–C–C–N with tert-alkyl or cyclic N) is 1. The van der Waals surface area contributed by atoms with Gasteiger partial charge in [0.2, 0.25) is 5.91 Å². The zero-order chi connectivity index (χ0) is 20.3. The molecule has 7 nitrogen and oxygen atoms in total. The Hall–Kier alpha value is -2.29. The Kier molecular flexibility index (Phi) is 6.43. The fraction of sp³-hybridized carbons (Fsp3) is 0.450. The third kappa shape index (κ3) is 4.40. The van der Waals surface area contributed by atoms with Gasteiger partial charge in [-0.2, -0.15) is 0 Å². The first kappa shape index (κ1) is 20.4. The number of nitrogens with zero attached hydrogens (tertiary/aromatic N) is 2. The number of benzene rings is 1. The maximum atomic E-state index is 12.6. The second kappa shape index (κ2) is 8.81. The summed E-state index contributed by atoms with van der Waals surface area (Å²) >= 11 is 1.60. The molecule has 1 aliphatic rings. The highest BCUT2D eigenvalue weighted by molar-refractivity contribution is 7.13. The van der Waals surface area contributed by atoms with E-state index in [4.69, 9.17) is 4.74 Å². The zero-order valence-corrected chi connectivity index (χ0v) is 17.0. The number of likely N-dealkylation sites (tertiary alicyclic amines) is 1. The van der Waals surface area contributed by atoms with Crippen molar-refractivity contribution in [3.8, 4) is 10.4 Å². The van der Waals surface area contributed by atoms with E-state index in [0.717, 1.165) is 21.7 Å². The topological polar surface area (TPSA) is 91.8 Å². The molecule has 1 fully saturated rings. The molecule has 3 rings (SSSR count). The van der Waals surface area contributed by atoms with Crippen LogP contribution in [0.15, 0.2) is 29.8 Å². The van der Waals surface area contributed by atoms with Crippen LogP contribution in [0.2, 0.25) is 0 Å². The molecule has 2 N–H and O–H groups in total. The minimum absolute atomic E-state index is 0.146. The van der Waals surface area contributed by atoms with E-state index in [0.29, 0.717) is 6.54 Å². The molecule has 0 radical (unpaired) electrons. The summed E-state index contributed by atoms with van der Waals surface area (Å²) in [7, 11) is 1.45. The SMILES string of the molecule is CO[C@@H](C)C(=O)N1C[C@H](O)C[C@H]1C(=O)NCc1ccc(-c2scnc2C)cc1. The van der Waals surface area contributed by atoms with Gasteiger partial charge in [0, 0.05) is 26.6 Å². The fourth-order valence-corrected chi connectivity index (χ4v) is 4.11. The fourth-order valence-electron chi connectivity index (χ4n) is 3.30. The number of methoxy groups -OCH3 is 1. The standard InChI is InChI=1S/C20H25N3O4S/c1-12-18(28-11-22-12)15-6-4-14(5-7-15)9-21-19(25)17-8-16(24)10-23(17)20(26)13(2)27-3/h4-7,11,13,16-17,24H,8-10H2,1-3H3,(H,21,25)/t13-,16+,17-/m0/s1. The van der Waals surface area contributed by atoms with Crippen LogP contribution in [0.1, 0.15) is 24.6 Å². The molecule has 2 amide bonds. The molecule has 8 heteroatoms. The number of hydrogen-bond donors (Lipinski definition) is 2. The molecule has 2 heterocycles.